The fourth-order valence-corrected chi connectivity index (χ4v) is 4.52. The van der Waals surface area contributed by atoms with Crippen LogP contribution < -0.4 is 5.32 Å². The number of aryl methyl sites for hydroxylation is 1. The Labute approximate surface area is 205 Å². The average molecular weight is 465 g/mol. The maximum atomic E-state index is 11.1. The Balaban J connectivity index is 1.45. The topological polar surface area (TPSA) is 83.9 Å². The van der Waals surface area contributed by atoms with Crippen LogP contribution in [-0.2, 0) is 4.79 Å². The number of carbonyl (C=O) groups is 1. The van der Waals surface area contributed by atoms with Crippen molar-refractivity contribution >= 4 is 12.1 Å². The first-order valence-corrected chi connectivity index (χ1v) is 12.0. The van der Waals surface area contributed by atoms with Gasteiger partial charge in [-0.05, 0) is 49.6 Å². The molecule has 0 radical (unpaired) electrons. The molecule has 0 aliphatic carbocycles. The van der Waals surface area contributed by atoms with Crippen LogP contribution in [0.25, 0.3) is 34.0 Å². The normalized spacial score (nSPS) is 15.3. The highest BCUT2D eigenvalue weighted by Crippen LogP contribution is 2.31. The van der Waals surface area contributed by atoms with E-state index >= 15 is 0 Å². The van der Waals surface area contributed by atoms with Crippen molar-refractivity contribution in [3.05, 3.63) is 78.2 Å². The molecule has 35 heavy (non-hydrogen) atoms. The second-order valence-corrected chi connectivity index (χ2v) is 8.79. The summed E-state index contributed by atoms with van der Waals surface area (Å²) in [5.41, 5.74) is 7.44. The van der Waals surface area contributed by atoms with Gasteiger partial charge in [0.1, 0.15) is 11.4 Å². The molecular formula is C28H28N6O. The standard InChI is InChI=1S/C28H28N6O/c1-3-29-26-16-31-28(25-9-4-6-19(2)32-25)33-27(26)24-11-10-22(15-30-24)20-7-5-8-21(14-20)23-12-13-34(17-23)18-35/h4-11,14-16,18,23,29H,3,12-13,17H2,1-2H3. The molecule has 176 valence electrons. The van der Waals surface area contributed by atoms with E-state index in [-0.39, 0.29) is 0 Å². The van der Waals surface area contributed by atoms with Gasteiger partial charge in [-0.1, -0.05) is 36.4 Å². The zero-order chi connectivity index (χ0) is 24.2. The van der Waals surface area contributed by atoms with E-state index in [1.54, 1.807) is 6.20 Å². The fourth-order valence-electron chi connectivity index (χ4n) is 4.52. The Hall–Kier alpha value is -4.13. The van der Waals surface area contributed by atoms with Gasteiger partial charge in [0, 0.05) is 43.0 Å². The molecule has 3 aromatic heterocycles. The van der Waals surface area contributed by atoms with Crippen LogP contribution in [0.1, 0.15) is 30.5 Å². The van der Waals surface area contributed by atoms with Crippen molar-refractivity contribution in [1.29, 1.82) is 0 Å². The van der Waals surface area contributed by atoms with E-state index in [0.717, 1.165) is 72.1 Å². The van der Waals surface area contributed by atoms with Gasteiger partial charge in [-0.25, -0.2) is 15.0 Å². The number of benzene rings is 1. The molecular weight excluding hydrogens is 436 g/mol. The third kappa shape index (κ3) is 4.89. The molecule has 1 aliphatic rings. The average Bonchev–Trinajstić information content (AvgIpc) is 3.39. The highest BCUT2D eigenvalue weighted by Gasteiger charge is 2.23. The number of hydrogen-bond donors (Lipinski definition) is 1. The van der Waals surface area contributed by atoms with Gasteiger partial charge >= 0.3 is 0 Å². The van der Waals surface area contributed by atoms with Crippen molar-refractivity contribution in [2.24, 2.45) is 0 Å². The predicted octanol–water partition coefficient (Wildman–Crippen LogP) is 4.95. The highest BCUT2D eigenvalue weighted by molar-refractivity contribution is 5.74. The summed E-state index contributed by atoms with van der Waals surface area (Å²) < 4.78 is 0. The van der Waals surface area contributed by atoms with E-state index in [1.807, 2.05) is 49.2 Å². The molecule has 1 aromatic carbocycles. The van der Waals surface area contributed by atoms with Gasteiger partial charge in [0.05, 0.1) is 17.6 Å². The third-order valence-corrected chi connectivity index (χ3v) is 6.34. The number of aromatic nitrogens is 4. The molecule has 7 nitrogen and oxygen atoms in total. The first-order valence-electron chi connectivity index (χ1n) is 12.0. The van der Waals surface area contributed by atoms with E-state index in [2.05, 4.69) is 45.6 Å². The summed E-state index contributed by atoms with van der Waals surface area (Å²) in [6.07, 6.45) is 5.64. The molecule has 1 atom stereocenters. The van der Waals surface area contributed by atoms with E-state index in [1.165, 1.54) is 5.56 Å². The van der Waals surface area contributed by atoms with E-state index < -0.39 is 0 Å². The van der Waals surface area contributed by atoms with Gasteiger partial charge in [0.2, 0.25) is 6.41 Å². The van der Waals surface area contributed by atoms with Gasteiger partial charge in [0.25, 0.3) is 0 Å². The number of nitrogens with one attached hydrogen (secondary N) is 1. The van der Waals surface area contributed by atoms with Crippen LogP contribution in [0, 0.1) is 6.92 Å². The lowest BCUT2D eigenvalue weighted by atomic mass is 9.95. The van der Waals surface area contributed by atoms with Crippen molar-refractivity contribution in [3.8, 4) is 34.0 Å². The summed E-state index contributed by atoms with van der Waals surface area (Å²) in [4.78, 5) is 31.6. The number of nitrogens with zero attached hydrogens (tertiary/aromatic N) is 5. The predicted molar refractivity (Wildman–Crippen MR) is 138 cm³/mol. The molecule has 0 bridgehead atoms. The Morgan fingerprint density at radius 3 is 2.63 bits per heavy atom. The molecule has 1 N–H and O–H groups in total. The van der Waals surface area contributed by atoms with Crippen LogP contribution in [0.15, 0.2) is 67.0 Å². The van der Waals surface area contributed by atoms with Crippen molar-refractivity contribution in [3.63, 3.8) is 0 Å². The lowest BCUT2D eigenvalue weighted by Gasteiger charge is -2.13. The van der Waals surface area contributed by atoms with Gasteiger partial charge in [-0.2, -0.15) is 0 Å². The summed E-state index contributed by atoms with van der Waals surface area (Å²) in [7, 11) is 0. The Morgan fingerprint density at radius 1 is 1.00 bits per heavy atom. The second-order valence-electron chi connectivity index (χ2n) is 8.79. The van der Waals surface area contributed by atoms with E-state index in [4.69, 9.17) is 9.97 Å². The van der Waals surface area contributed by atoms with Crippen LogP contribution in [0.2, 0.25) is 0 Å². The molecule has 1 aliphatic heterocycles. The quantitative estimate of drug-likeness (QED) is 0.390. The number of amides is 1. The fraction of sp³-hybridized carbons (Fsp3) is 0.250. The van der Waals surface area contributed by atoms with Crippen LogP contribution in [-0.4, -0.2) is 50.9 Å². The Kier molecular flexibility index (Phi) is 6.48. The molecule has 1 unspecified atom stereocenters. The Bertz CT molecular complexity index is 1340. The monoisotopic (exact) mass is 464 g/mol. The number of likely N-dealkylation sites (tertiary alicyclic amines) is 1. The number of carbonyl (C=O) groups excluding carboxylic acids is 1. The number of anilines is 1. The lowest BCUT2D eigenvalue weighted by molar-refractivity contribution is -0.117. The number of pyridine rings is 2. The molecule has 4 heterocycles. The van der Waals surface area contributed by atoms with Gasteiger partial charge < -0.3 is 10.2 Å². The van der Waals surface area contributed by atoms with Crippen LogP contribution >= 0.6 is 0 Å². The van der Waals surface area contributed by atoms with Crippen molar-refractivity contribution < 1.29 is 4.79 Å². The number of hydrogen-bond acceptors (Lipinski definition) is 6. The summed E-state index contributed by atoms with van der Waals surface area (Å²) >= 11 is 0. The molecule has 1 fully saturated rings. The minimum Gasteiger partial charge on any atom is -0.382 e. The summed E-state index contributed by atoms with van der Waals surface area (Å²) in [6.45, 7) is 6.36. The second kappa shape index (κ2) is 10.0. The summed E-state index contributed by atoms with van der Waals surface area (Å²) in [5, 5.41) is 3.34. The van der Waals surface area contributed by atoms with E-state index in [0.29, 0.717) is 11.7 Å². The highest BCUT2D eigenvalue weighted by atomic mass is 16.1. The van der Waals surface area contributed by atoms with Crippen LogP contribution in [0.3, 0.4) is 0 Å². The molecule has 5 rings (SSSR count). The minimum absolute atomic E-state index is 0.379. The SMILES string of the molecule is CCNc1cnc(-c2cccc(C)n2)nc1-c1ccc(-c2cccc(C3CCN(C=O)C3)c2)cn1. The smallest absolute Gasteiger partial charge is 0.209 e. The first-order chi connectivity index (χ1) is 17.1. The molecule has 7 heteroatoms. The molecule has 1 saturated heterocycles. The molecule has 0 saturated carbocycles. The third-order valence-electron chi connectivity index (χ3n) is 6.34. The molecule has 0 spiro atoms. The summed E-state index contributed by atoms with van der Waals surface area (Å²) in [5.74, 6) is 0.953. The largest absolute Gasteiger partial charge is 0.382 e. The van der Waals surface area contributed by atoms with Gasteiger partial charge in [-0.3, -0.25) is 9.78 Å². The number of rotatable bonds is 7. The minimum atomic E-state index is 0.379. The molecule has 1 amide bonds. The Morgan fingerprint density at radius 2 is 1.89 bits per heavy atom. The maximum Gasteiger partial charge on any atom is 0.209 e. The van der Waals surface area contributed by atoms with Gasteiger partial charge in [-0.15, -0.1) is 0 Å². The first kappa shape index (κ1) is 22.7. The van der Waals surface area contributed by atoms with Crippen molar-refractivity contribution in [2.75, 3.05) is 25.0 Å². The van der Waals surface area contributed by atoms with Crippen molar-refractivity contribution in [1.82, 2.24) is 24.8 Å². The van der Waals surface area contributed by atoms with Crippen LogP contribution in [0.5, 0.6) is 0 Å². The van der Waals surface area contributed by atoms with E-state index in [9.17, 15) is 4.79 Å². The van der Waals surface area contributed by atoms with Crippen LogP contribution in [0.4, 0.5) is 5.69 Å². The van der Waals surface area contributed by atoms with Crippen molar-refractivity contribution in [2.45, 2.75) is 26.2 Å². The lowest BCUT2D eigenvalue weighted by Crippen LogP contribution is -2.17. The van der Waals surface area contributed by atoms with Gasteiger partial charge in [0.15, 0.2) is 5.82 Å². The molecule has 4 aromatic rings. The summed E-state index contributed by atoms with van der Waals surface area (Å²) in [6, 6.07) is 18.5. The zero-order valence-electron chi connectivity index (χ0n) is 20.0. The zero-order valence-corrected chi connectivity index (χ0v) is 20.0. The maximum absolute atomic E-state index is 11.1.